The van der Waals surface area contributed by atoms with Crippen LogP contribution < -0.4 is 0 Å². The summed E-state index contributed by atoms with van der Waals surface area (Å²) in [5, 5.41) is 18.9. The standard InChI is InChI=1S/C16H25NO2/c1-2-16(14-6-5-7-15(19)12-14)8-3-4-9-17(13-16)10-11-18/h5-7,12,18-19H,2-4,8-11,13H2,1H3. The molecule has 19 heavy (non-hydrogen) atoms. The van der Waals surface area contributed by atoms with Crippen molar-refractivity contribution in [3.8, 4) is 5.75 Å². The third-order valence-corrected chi connectivity index (χ3v) is 4.46. The summed E-state index contributed by atoms with van der Waals surface area (Å²) in [5.41, 5.74) is 1.35. The summed E-state index contributed by atoms with van der Waals surface area (Å²) in [5.74, 6) is 0.350. The quantitative estimate of drug-likeness (QED) is 0.877. The van der Waals surface area contributed by atoms with Gasteiger partial charge in [-0.1, -0.05) is 25.5 Å². The zero-order valence-electron chi connectivity index (χ0n) is 11.8. The lowest BCUT2D eigenvalue weighted by atomic mass is 9.74. The van der Waals surface area contributed by atoms with Gasteiger partial charge in [0, 0.05) is 18.5 Å². The number of nitrogens with zero attached hydrogens (tertiary/aromatic N) is 1. The number of aliphatic hydroxyl groups is 1. The van der Waals surface area contributed by atoms with Gasteiger partial charge in [-0.3, -0.25) is 0 Å². The van der Waals surface area contributed by atoms with Crippen molar-refractivity contribution in [3.63, 3.8) is 0 Å². The van der Waals surface area contributed by atoms with Crippen molar-refractivity contribution in [1.82, 2.24) is 4.90 Å². The molecule has 3 heteroatoms. The van der Waals surface area contributed by atoms with Crippen LogP contribution in [-0.2, 0) is 5.41 Å². The minimum Gasteiger partial charge on any atom is -0.508 e. The summed E-state index contributed by atoms with van der Waals surface area (Å²) in [6.45, 7) is 5.25. The summed E-state index contributed by atoms with van der Waals surface area (Å²) in [6.07, 6.45) is 4.64. The van der Waals surface area contributed by atoms with E-state index in [4.69, 9.17) is 0 Å². The summed E-state index contributed by atoms with van der Waals surface area (Å²) in [6, 6.07) is 7.70. The molecule has 0 bridgehead atoms. The molecule has 1 aromatic rings. The first-order chi connectivity index (χ1) is 9.20. The van der Waals surface area contributed by atoms with Crippen molar-refractivity contribution in [2.45, 2.75) is 38.0 Å². The van der Waals surface area contributed by atoms with Crippen LogP contribution in [0.4, 0.5) is 0 Å². The van der Waals surface area contributed by atoms with Gasteiger partial charge in [0.1, 0.15) is 5.75 Å². The number of likely N-dealkylation sites (tertiary alicyclic amines) is 1. The van der Waals surface area contributed by atoms with Crippen LogP contribution in [0, 0.1) is 0 Å². The zero-order valence-corrected chi connectivity index (χ0v) is 11.8. The van der Waals surface area contributed by atoms with Gasteiger partial charge in [-0.2, -0.15) is 0 Å². The lowest BCUT2D eigenvalue weighted by Gasteiger charge is -2.36. The molecule has 2 N–H and O–H groups in total. The maximum absolute atomic E-state index is 9.74. The molecule has 106 valence electrons. The summed E-state index contributed by atoms with van der Waals surface area (Å²) in [7, 11) is 0. The number of rotatable bonds is 4. The topological polar surface area (TPSA) is 43.7 Å². The predicted octanol–water partition coefficient (Wildman–Crippen LogP) is 2.52. The number of hydrogen-bond donors (Lipinski definition) is 2. The van der Waals surface area contributed by atoms with Crippen LogP contribution in [-0.4, -0.2) is 41.4 Å². The lowest BCUT2D eigenvalue weighted by Crippen LogP contribution is -2.40. The molecule has 1 heterocycles. The fourth-order valence-electron chi connectivity index (χ4n) is 3.28. The van der Waals surface area contributed by atoms with E-state index >= 15 is 0 Å². The Morgan fingerprint density at radius 2 is 2.16 bits per heavy atom. The predicted molar refractivity (Wildman–Crippen MR) is 77.5 cm³/mol. The second-order valence-electron chi connectivity index (χ2n) is 5.64. The Bertz CT molecular complexity index is 407. The van der Waals surface area contributed by atoms with E-state index in [0.29, 0.717) is 5.75 Å². The van der Waals surface area contributed by atoms with Crippen molar-refractivity contribution < 1.29 is 10.2 Å². The zero-order chi connectivity index (χ0) is 13.7. The normalized spacial score (nSPS) is 25.2. The van der Waals surface area contributed by atoms with Crippen LogP contribution in [0.1, 0.15) is 38.2 Å². The number of phenols is 1. The molecule has 1 unspecified atom stereocenters. The molecule has 0 amide bonds. The summed E-state index contributed by atoms with van der Waals surface area (Å²) in [4.78, 5) is 2.36. The van der Waals surface area contributed by atoms with Crippen LogP contribution >= 0.6 is 0 Å². The SMILES string of the molecule is CCC1(c2cccc(O)c2)CCCCN(CCO)C1. The third kappa shape index (κ3) is 3.28. The first-order valence-corrected chi connectivity index (χ1v) is 7.33. The summed E-state index contributed by atoms with van der Waals surface area (Å²) >= 11 is 0. The molecule has 1 fully saturated rings. The maximum Gasteiger partial charge on any atom is 0.115 e. The molecule has 1 atom stereocenters. The third-order valence-electron chi connectivity index (χ3n) is 4.46. The van der Waals surface area contributed by atoms with E-state index < -0.39 is 0 Å². The Labute approximate surface area is 115 Å². The summed E-state index contributed by atoms with van der Waals surface area (Å²) < 4.78 is 0. The van der Waals surface area contributed by atoms with Gasteiger partial charge in [0.25, 0.3) is 0 Å². The highest BCUT2D eigenvalue weighted by molar-refractivity contribution is 5.33. The number of hydrogen-bond acceptors (Lipinski definition) is 3. The average Bonchev–Trinajstić information content (AvgIpc) is 2.62. The molecule has 0 aliphatic carbocycles. The second-order valence-corrected chi connectivity index (χ2v) is 5.64. The van der Waals surface area contributed by atoms with Crippen LogP contribution in [0.25, 0.3) is 0 Å². The van der Waals surface area contributed by atoms with E-state index in [1.807, 2.05) is 12.1 Å². The highest BCUT2D eigenvalue weighted by Gasteiger charge is 2.34. The van der Waals surface area contributed by atoms with Gasteiger partial charge in [-0.05, 0) is 43.5 Å². The van der Waals surface area contributed by atoms with Gasteiger partial charge in [0.15, 0.2) is 0 Å². The highest BCUT2D eigenvalue weighted by atomic mass is 16.3. The number of β-amino-alcohol motifs (C(OH)–C–C–N with tert-alkyl or cyclic N) is 1. The molecule has 0 spiro atoms. The van der Waals surface area contributed by atoms with Gasteiger partial charge in [0.05, 0.1) is 6.61 Å². The molecule has 0 saturated carbocycles. The van der Waals surface area contributed by atoms with E-state index in [-0.39, 0.29) is 12.0 Å². The number of aliphatic hydroxyl groups excluding tert-OH is 1. The van der Waals surface area contributed by atoms with Gasteiger partial charge in [0.2, 0.25) is 0 Å². The highest BCUT2D eigenvalue weighted by Crippen LogP contribution is 2.37. The van der Waals surface area contributed by atoms with Crippen LogP contribution in [0.5, 0.6) is 5.75 Å². The molecule has 0 radical (unpaired) electrons. The average molecular weight is 263 g/mol. The van der Waals surface area contributed by atoms with Crippen LogP contribution in [0.2, 0.25) is 0 Å². The van der Waals surface area contributed by atoms with Gasteiger partial charge in [-0.15, -0.1) is 0 Å². The fourth-order valence-corrected chi connectivity index (χ4v) is 3.28. The Hall–Kier alpha value is -1.06. The van der Waals surface area contributed by atoms with Crippen LogP contribution in [0.3, 0.4) is 0 Å². The Morgan fingerprint density at radius 3 is 2.84 bits per heavy atom. The molecule has 1 aliphatic rings. The van der Waals surface area contributed by atoms with E-state index in [1.165, 1.54) is 18.4 Å². The van der Waals surface area contributed by atoms with Crippen molar-refractivity contribution in [3.05, 3.63) is 29.8 Å². The molecular formula is C16H25NO2. The number of phenolic OH excluding ortho intramolecular Hbond substituents is 1. The number of aromatic hydroxyl groups is 1. The van der Waals surface area contributed by atoms with Gasteiger partial charge < -0.3 is 15.1 Å². The minimum atomic E-state index is 0.115. The van der Waals surface area contributed by atoms with E-state index in [1.54, 1.807) is 6.07 Å². The lowest BCUT2D eigenvalue weighted by molar-refractivity contribution is 0.170. The Balaban J connectivity index is 2.28. The monoisotopic (exact) mass is 263 g/mol. The Kier molecular flexibility index (Phi) is 4.83. The fraction of sp³-hybridized carbons (Fsp3) is 0.625. The molecule has 1 aromatic carbocycles. The molecule has 0 aromatic heterocycles. The largest absolute Gasteiger partial charge is 0.508 e. The Morgan fingerprint density at radius 1 is 1.32 bits per heavy atom. The maximum atomic E-state index is 9.74. The van der Waals surface area contributed by atoms with E-state index in [2.05, 4.69) is 17.9 Å². The van der Waals surface area contributed by atoms with Crippen LogP contribution in [0.15, 0.2) is 24.3 Å². The smallest absolute Gasteiger partial charge is 0.115 e. The molecule has 1 aliphatic heterocycles. The van der Waals surface area contributed by atoms with Crippen molar-refractivity contribution in [2.24, 2.45) is 0 Å². The van der Waals surface area contributed by atoms with Crippen molar-refractivity contribution in [1.29, 1.82) is 0 Å². The minimum absolute atomic E-state index is 0.115. The first kappa shape index (κ1) is 14.4. The van der Waals surface area contributed by atoms with Crippen molar-refractivity contribution in [2.75, 3.05) is 26.2 Å². The molecule has 3 nitrogen and oxygen atoms in total. The first-order valence-electron chi connectivity index (χ1n) is 7.33. The van der Waals surface area contributed by atoms with Crippen molar-refractivity contribution >= 4 is 0 Å². The molecule has 1 saturated heterocycles. The van der Waals surface area contributed by atoms with Gasteiger partial charge >= 0.3 is 0 Å². The van der Waals surface area contributed by atoms with E-state index in [9.17, 15) is 10.2 Å². The number of benzene rings is 1. The van der Waals surface area contributed by atoms with E-state index in [0.717, 1.165) is 32.5 Å². The second kappa shape index (κ2) is 6.40. The van der Waals surface area contributed by atoms with Gasteiger partial charge in [-0.25, -0.2) is 0 Å². The molecule has 2 rings (SSSR count). The molecular weight excluding hydrogens is 238 g/mol.